The van der Waals surface area contributed by atoms with E-state index >= 15 is 0 Å². The van der Waals surface area contributed by atoms with Gasteiger partial charge in [-0.15, -0.1) is 0 Å². The second-order valence-corrected chi connectivity index (χ2v) is 20.3. The highest BCUT2D eigenvalue weighted by molar-refractivity contribution is 5.90. The first-order chi connectivity index (χ1) is 36.0. The molecular formula is C55H58N4O16. The number of fused-ring (bicyclic) bond motifs is 6. The number of H-pyrrole nitrogens is 1. The number of phenolic OH excluding ortho intramolecular Hbond substituents is 3. The van der Waals surface area contributed by atoms with Gasteiger partial charge in [-0.1, -0.05) is 29.8 Å². The van der Waals surface area contributed by atoms with E-state index in [1.807, 2.05) is 6.07 Å². The number of hydrogen-bond donors (Lipinski definition) is 13. The van der Waals surface area contributed by atoms with Crippen LogP contribution in [0.4, 0.5) is 5.82 Å². The van der Waals surface area contributed by atoms with E-state index < -0.39 is 94.7 Å². The van der Waals surface area contributed by atoms with Crippen LogP contribution < -0.4 is 36.0 Å². The number of benzene rings is 4. The van der Waals surface area contributed by atoms with E-state index in [4.69, 9.17) is 29.1 Å². The van der Waals surface area contributed by atoms with Crippen LogP contribution in [-0.4, -0.2) is 119 Å². The van der Waals surface area contributed by atoms with Crippen molar-refractivity contribution in [2.45, 2.75) is 98.5 Å². The zero-order chi connectivity index (χ0) is 52.6. The van der Waals surface area contributed by atoms with E-state index in [-0.39, 0.29) is 52.9 Å². The molecule has 2 aromatic heterocycles. The smallest absolute Gasteiger partial charge is 0.336 e. The molecule has 5 aliphatic rings. The van der Waals surface area contributed by atoms with Gasteiger partial charge in [0, 0.05) is 65.6 Å². The molecule has 14 N–H and O–H groups in total. The molecule has 2 saturated heterocycles. The maximum Gasteiger partial charge on any atom is 0.336 e. The number of aliphatic carboxylic acids is 1. The first-order valence-corrected chi connectivity index (χ1v) is 25.0. The quantitative estimate of drug-likeness (QED) is 0.0692. The number of nitrogen functional groups attached to an aromatic ring is 1. The second-order valence-electron chi connectivity index (χ2n) is 20.3. The zero-order valence-corrected chi connectivity index (χ0v) is 40.4. The number of aliphatic hydroxyl groups is 5. The molecule has 394 valence electrons. The number of aromatic nitrogens is 1. The molecule has 75 heavy (non-hydrogen) atoms. The number of aliphatic hydroxyl groups excluding tert-OH is 3. The number of nitrogens with one attached hydrogen (secondary N) is 3. The molecule has 20 heteroatoms. The van der Waals surface area contributed by atoms with Crippen molar-refractivity contribution in [3.05, 3.63) is 135 Å². The van der Waals surface area contributed by atoms with Crippen LogP contribution in [-0.2, 0) is 28.0 Å². The molecule has 3 fully saturated rings. The molecule has 11 atom stereocenters. The van der Waals surface area contributed by atoms with Crippen LogP contribution in [0, 0.1) is 11.8 Å². The van der Waals surface area contributed by atoms with Crippen molar-refractivity contribution in [2.75, 3.05) is 25.6 Å². The summed E-state index contributed by atoms with van der Waals surface area (Å²) in [5.41, 5.74) is 1.04. The highest BCUT2D eigenvalue weighted by Gasteiger charge is 2.71. The SMILES string of the molecule is Nc1ccc([C@@H](O)[C@H](CO)Oc2ccc(-c3cc(=O)c4c(O)c(O[C@@]56CCC[C@H]5CCCc5c(O)cccc56)c(O[C@@H]5O[C@H](C(=O)O)[C@]6(O)[C@@H]([C@@H]7CNCN7)C(Cc7cccc(O)c7)=C[C@@]5(O)[C@@H]6O)cc4o3)cc2)[nH]1. The number of anilines is 1. The molecule has 0 radical (unpaired) electrons. The average Bonchev–Trinajstić information content (AvgIpc) is 4.17. The fraction of sp³-hybridized carbons (Fsp3) is 0.382. The van der Waals surface area contributed by atoms with Crippen molar-refractivity contribution >= 4 is 22.8 Å². The van der Waals surface area contributed by atoms with Gasteiger partial charge in [-0.3, -0.25) is 10.1 Å². The lowest BCUT2D eigenvalue weighted by atomic mass is 9.59. The summed E-state index contributed by atoms with van der Waals surface area (Å²) in [5, 5.41) is 110. The van der Waals surface area contributed by atoms with Crippen molar-refractivity contribution < 1.29 is 74.1 Å². The van der Waals surface area contributed by atoms with Crippen LogP contribution in [0.5, 0.6) is 34.5 Å². The highest BCUT2D eigenvalue weighted by atomic mass is 16.7. The largest absolute Gasteiger partial charge is 0.508 e. The minimum atomic E-state index is -2.72. The van der Waals surface area contributed by atoms with Gasteiger partial charge in [-0.25, -0.2) is 4.79 Å². The zero-order valence-electron chi connectivity index (χ0n) is 40.4. The Bertz CT molecular complexity index is 3250. The van der Waals surface area contributed by atoms with Gasteiger partial charge in [-0.05, 0) is 111 Å². The van der Waals surface area contributed by atoms with Crippen LogP contribution in [0.1, 0.15) is 60.6 Å². The van der Waals surface area contributed by atoms with Crippen molar-refractivity contribution in [3.8, 4) is 45.8 Å². The average molecular weight is 1030 g/mol. The van der Waals surface area contributed by atoms with Gasteiger partial charge in [0.15, 0.2) is 34.7 Å². The van der Waals surface area contributed by atoms with Gasteiger partial charge >= 0.3 is 5.97 Å². The summed E-state index contributed by atoms with van der Waals surface area (Å²) >= 11 is 0. The van der Waals surface area contributed by atoms with Crippen molar-refractivity contribution in [2.24, 2.45) is 11.8 Å². The molecule has 1 saturated carbocycles. The summed E-state index contributed by atoms with van der Waals surface area (Å²) in [4.78, 5) is 30.6. The number of carboxylic acids is 1. The second kappa shape index (κ2) is 19.2. The summed E-state index contributed by atoms with van der Waals surface area (Å²) in [6.45, 7) is -0.0153. The predicted molar refractivity (Wildman–Crippen MR) is 268 cm³/mol. The third-order valence-corrected chi connectivity index (χ3v) is 15.8. The predicted octanol–water partition coefficient (Wildman–Crippen LogP) is 3.70. The number of hydrogen-bond acceptors (Lipinski definition) is 18. The molecule has 2 aliphatic heterocycles. The Morgan fingerprint density at radius 2 is 1.75 bits per heavy atom. The van der Waals surface area contributed by atoms with Gasteiger partial charge in [-0.2, -0.15) is 0 Å². The number of carbonyl (C=O) groups is 1. The molecule has 2 bridgehead atoms. The Balaban J connectivity index is 1.04. The van der Waals surface area contributed by atoms with Crippen LogP contribution >= 0.6 is 0 Å². The van der Waals surface area contributed by atoms with Crippen LogP contribution in [0.2, 0.25) is 0 Å². The molecule has 20 nitrogen and oxygen atoms in total. The minimum absolute atomic E-state index is 0.00752. The van der Waals surface area contributed by atoms with Gasteiger partial charge in [0.1, 0.15) is 63.2 Å². The Kier molecular flexibility index (Phi) is 12.8. The summed E-state index contributed by atoms with van der Waals surface area (Å²) in [6, 6.07) is 22.5. The lowest BCUT2D eigenvalue weighted by Gasteiger charge is -2.58. The Morgan fingerprint density at radius 3 is 2.47 bits per heavy atom. The number of aromatic hydroxyl groups is 3. The summed E-state index contributed by atoms with van der Waals surface area (Å²) < 4.78 is 32.1. The highest BCUT2D eigenvalue weighted by Crippen LogP contribution is 2.57. The molecule has 11 rings (SSSR count). The molecule has 0 amide bonds. The molecule has 0 unspecified atom stereocenters. The van der Waals surface area contributed by atoms with Crippen molar-refractivity contribution in [1.29, 1.82) is 0 Å². The van der Waals surface area contributed by atoms with E-state index in [1.165, 1.54) is 42.5 Å². The fourth-order valence-electron chi connectivity index (χ4n) is 12.4. The maximum atomic E-state index is 14.4. The maximum absolute atomic E-state index is 14.4. The normalized spacial score (nSPS) is 28.9. The molecule has 0 spiro atoms. The molecular weight excluding hydrogens is 973 g/mol. The van der Waals surface area contributed by atoms with Gasteiger partial charge in [0.05, 0.1) is 6.61 Å². The Morgan fingerprint density at radius 1 is 0.960 bits per heavy atom. The van der Waals surface area contributed by atoms with E-state index in [2.05, 4.69) is 15.6 Å². The molecule has 3 aliphatic carbocycles. The lowest BCUT2D eigenvalue weighted by molar-refractivity contribution is -0.344. The van der Waals surface area contributed by atoms with Crippen LogP contribution in [0.25, 0.3) is 22.3 Å². The first-order valence-electron chi connectivity index (χ1n) is 25.0. The van der Waals surface area contributed by atoms with E-state index in [1.54, 1.807) is 48.5 Å². The third kappa shape index (κ3) is 8.50. The number of nitrogens with two attached hydrogens (primary N) is 1. The van der Waals surface area contributed by atoms with E-state index in [9.17, 15) is 55.5 Å². The number of phenols is 3. The van der Waals surface area contributed by atoms with Gasteiger partial charge in [0.25, 0.3) is 0 Å². The topological polar surface area (TPSA) is 332 Å². The van der Waals surface area contributed by atoms with E-state index in [0.717, 1.165) is 0 Å². The van der Waals surface area contributed by atoms with Crippen molar-refractivity contribution in [3.63, 3.8) is 0 Å². The van der Waals surface area contributed by atoms with Gasteiger partial charge in [0.2, 0.25) is 12.0 Å². The third-order valence-electron chi connectivity index (χ3n) is 15.8. The number of ether oxygens (including phenoxy) is 4. The van der Waals surface area contributed by atoms with Crippen LogP contribution in [0.3, 0.4) is 0 Å². The van der Waals surface area contributed by atoms with Crippen LogP contribution in [0.15, 0.2) is 112 Å². The molecule has 4 heterocycles. The number of aromatic amines is 1. The summed E-state index contributed by atoms with van der Waals surface area (Å²) in [6.07, 6.45) is -4.04. The first kappa shape index (κ1) is 50.0. The summed E-state index contributed by atoms with van der Waals surface area (Å²) in [5.74, 6) is -3.99. The molecule has 4 aromatic carbocycles. The lowest BCUT2D eigenvalue weighted by Crippen LogP contribution is -2.79. The summed E-state index contributed by atoms with van der Waals surface area (Å²) in [7, 11) is 0. The monoisotopic (exact) mass is 1030 g/mol. The standard InChI is InChI=1S/C55H58N4O16/c56-43-17-16-35(59-43)46(64)42(25-60)71-32-14-12-28(13-15-32)39-21-38(63)44-40(72-39)22-41(48(47(44)65)75-54-18-4-7-30(54)6-2-9-33-34(54)10-3-11-37(33)62)73-52-53(69)23-29(19-27-5-1-8-31(61)20-27)45(36-24-57-26-58-36)55(70,51(53)68)49(74-52)50(66)67/h1,3,5,8,10-17,20-23,30,36,42,45-46,49,51-52,57-62,64-65,68-70H,2,4,6-7,9,18-19,24-26,56H2,(H,66,67)/t30-,36+,42+,45-,46-,49-,51+,52-,53-,54+,55-/m1/s1. The Hall–Kier alpha value is -7.14. The van der Waals surface area contributed by atoms with E-state index in [0.29, 0.717) is 84.5 Å². The number of carboxylic acid groups (broad SMARTS) is 1. The molecule has 6 aromatic rings. The van der Waals surface area contributed by atoms with Crippen molar-refractivity contribution in [1.82, 2.24) is 15.6 Å². The van der Waals surface area contributed by atoms with Gasteiger partial charge < -0.3 is 85.4 Å². The Labute approximate surface area is 428 Å². The minimum Gasteiger partial charge on any atom is -0.508 e. The fourth-order valence-corrected chi connectivity index (χ4v) is 12.4. The number of rotatable bonds is 14.